The van der Waals surface area contributed by atoms with Gasteiger partial charge in [-0.2, -0.15) is 0 Å². The van der Waals surface area contributed by atoms with Crippen molar-refractivity contribution < 1.29 is 13.5 Å². The highest BCUT2D eigenvalue weighted by atomic mass is 79.9. The maximum Gasteiger partial charge on any atom is 0.263 e. The highest BCUT2D eigenvalue weighted by Gasteiger charge is 2.20. The monoisotopic (exact) mass is 425 g/mol. The Morgan fingerprint density at radius 1 is 1.21 bits per heavy atom. The van der Waals surface area contributed by atoms with Gasteiger partial charge in [0.05, 0.1) is 10.4 Å². The first-order chi connectivity index (χ1) is 8.92. The second kappa shape index (κ2) is 5.92. The van der Waals surface area contributed by atoms with Crippen LogP contribution in [0.15, 0.2) is 43.5 Å². The Bertz CT molecular complexity index is 680. The van der Waals surface area contributed by atoms with Crippen LogP contribution in [0, 0.1) is 0 Å². The summed E-state index contributed by atoms with van der Waals surface area (Å²) in [6.07, 6.45) is 0. The minimum Gasteiger partial charge on any atom is -0.391 e. The maximum atomic E-state index is 12.2. The van der Waals surface area contributed by atoms with Crippen LogP contribution in [0.3, 0.4) is 0 Å². The Morgan fingerprint density at radius 2 is 1.84 bits per heavy atom. The van der Waals surface area contributed by atoms with Crippen LogP contribution in [0.5, 0.6) is 0 Å². The number of aliphatic hydroxyl groups is 1. The molecule has 0 fully saturated rings. The lowest BCUT2D eigenvalue weighted by molar-refractivity contribution is 0.285. The van der Waals surface area contributed by atoms with Gasteiger partial charge in [0.1, 0.15) is 4.90 Å². The quantitative estimate of drug-likeness (QED) is 0.785. The lowest BCUT2D eigenvalue weighted by Crippen LogP contribution is -2.12. The second-order valence-corrected chi connectivity index (χ2v) is 8.64. The lowest BCUT2D eigenvalue weighted by Gasteiger charge is -2.07. The summed E-state index contributed by atoms with van der Waals surface area (Å²) in [4.78, 5) is 0.715. The molecule has 0 atom stereocenters. The first-order valence-corrected chi connectivity index (χ1v) is 8.98. The molecule has 0 spiro atoms. The number of hydrogen-bond donors (Lipinski definition) is 2. The Kier molecular flexibility index (Phi) is 4.67. The van der Waals surface area contributed by atoms with Crippen LogP contribution < -0.4 is 4.72 Å². The van der Waals surface area contributed by atoms with Crippen LogP contribution in [0.1, 0.15) is 4.88 Å². The molecule has 1 aromatic heterocycles. The zero-order chi connectivity index (χ0) is 14.0. The minimum atomic E-state index is -3.66. The van der Waals surface area contributed by atoms with Crippen molar-refractivity contribution in [2.24, 2.45) is 0 Å². The molecule has 0 amide bonds. The largest absolute Gasteiger partial charge is 0.391 e. The molecule has 102 valence electrons. The number of aliphatic hydroxyl groups excluding tert-OH is 1. The molecule has 2 aromatic rings. The molecule has 0 bridgehead atoms. The van der Waals surface area contributed by atoms with Crippen LogP contribution in [0.2, 0.25) is 0 Å². The van der Waals surface area contributed by atoms with Crippen molar-refractivity contribution in [2.75, 3.05) is 4.72 Å². The first kappa shape index (κ1) is 15.0. The average molecular weight is 427 g/mol. The second-order valence-electron chi connectivity index (χ2n) is 3.62. The lowest BCUT2D eigenvalue weighted by atomic mass is 10.3. The highest BCUT2D eigenvalue weighted by Crippen LogP contribution is 2.32. The zero-order valence-electron chi connectivity index (χ0n) is 9.43. The summed E-state index contributed by atoms with van der Waals surface area (Å²) >= 11 is 7.68. The van der Waals surface area contributed by atoms with Crippen LogP contribution >= 0.6 is 43.2 Å². The third kappa shape index (κ3) is 3.57. The van der Waals surface area contributed by atoms with Gasteiger partial charge in [-0.25, -0.2) is 8.42 Å². The van der Waals surface area contributed by atoms with E-state index < -0.39 is 10.0 Å². The van der Waals surface area contributed by atoms with E-state index >= 15 is 0 Å². The minimum absolute atomic E-state index is 0.129. The molecule has 4 nitrogen and oxygen atoms in total. The fraction of sp³-hybridized carbons (Fsp3) is 0.0909. The topological polar surface area (TPSA) is 66.4 Å². The van der Waals surface area contributed by atoms with E-state index in [0.717, 1.165) is 4.47 Å². The summed E-state index contributed by atoms with van der Waals surface area (Å²) in [5.74, 6) is 0. The molecule has 0 saturated heterocycles. The van der Waals surface area contributed by atoms with Gasteiger partial charge in [0.25, 0.3) is 10.0 Å². The number of halogens is 2. The van der Waals surface area contributed by atoms with Gasteiger partial charge in [0.2, 0.25) is 0 Å². The predicted molar refractivity (Wildman–Crippen MR) is 82.9 cm³/mol. The number of anilines is 1. The average Bonchev–Trinajstić information content (AvgIpc) is 2.74. The molecular formula is C11H9Br2NO3S2. The van der Waals surface area contributed by atoms with Crippen molar-refractivity contribution in [1.29, 1.82) is 0 Å². The molecular weight excluding hydrogens is 418 g/mol. The van der Waals surface area contributed by atoms with E-state index in [-0.39, 0.29) is 11.5 Å². The summed E-state index contributed by atoms with van der Waals surface area (Å²) < 4.78 is 28.2. The first-order valence-electron chi connectivity index (χ1n) is 5.10. The molecule has 19 heavy (non-hydrogen) atoms. The van der Waals surface area contributed by atoms with Crippen molar-refractivity contribution in [3.63, 3.8) is 0 Å². The van der Waals surface area contributed by atoms with Crippen LogP contribution in [0.4, 0.5) is 5.69 Å². The van der Waals surface area contributed by atoms with E-state index in [4.69, 9.17) is 5.11 Å². The van der Waals surface area contributed by atoms with Crippen molar-refractivity contribution in [3.8, 4) is 0 Å². The number of benzene rings is 1. The molecule has 0 unspecified atom stereocenters. The summed E-state index contributed by atoms with van der Waals surface area (Å²) in [7, 11) is -3.66. The van der Waals surface area contributed by atoms with E-state index in [1.54, 1.807) is 24.3 Å². The van der Waals surface area contributed by atoms with Gasteiger partial charge in [0.15, 0.2) is 0 Å². The molecule has 1 heterocycles. The summed E-state index contributed by atoms with van der Waals surface area (Å²) in [5, 5.41) is 9.03. The smallest absolute Gasteiger partial charge is 0.263 e. The molecule has 0 radical (unpaired) electrons. The van der Waals surface area contributed by atoms with E-state index in [1.807, 2.05) is 0 Å². The number of sulfonamides is 1. The SMILES string of the molecule is O=S(=O)(Nc1ccc(Br)cc1)c1cc(CO)sc1Br. The van der Waals surface area contributed by atoms with Crippen molar-refractivity contribution in [2.45, 2.75) is 11.5 Å². The Morgan fingerprint density at radius 3 is 2.37 bits per heavy atom. The van der Waals surface area contributed by atoms with E-state index in [2.05, 4.69) is 36.6 Å². The molecule has 0 aliphatic heterocycles. The summed E-state index contributed by atoms with van der Waals surface area (Å²) in [5.41, 5.74) is 0.479. The highest BCUT2D eigenvalue weighted by molar-refractivity contribution is 9.11. The molecule has 2 rings (SSSR count). The number of thiophene rings is 1. The molecule has 8 heteroatoms. The third-order valence-electron chi connectivity index (χ3n) is 2.25. The standard InChI is InChI=1S/C11H9Br2NO3S2/c12-7-1-3-8(4-2-7)14-19(16,17)10-5-9(6-15)18-11(10)13/h1-5,14-15H,6H2. The number of hydrogen-bond acceptors (Lipinski definition) is 4. The molecule has 2 N–H and O–H groups in total. The van der Waals surface area contributed by atoms with E-state index in [1.165, 1.54) is 17.4 Å². The molecule has 0 aliphatic carbocycles. The Hall–Kier alpha value is -0.410. The molecule has 0 aliphatic rings. The van der Waals surface area contributed by atoms with Gasteiger partial charge < -0.3 is 5.11 Å². The maximum absolute atomic E-state index is 12.2. The van der Waals surface area contributed by atoms with Crippen molar-refractivity contribution in [1.82, 2.24) is 0 Å². The normalized spacial score (nSPS) is 11.5. The molecule has 1 aromatic carbocycles. The Labute approximate surface area is 131 Å². The summed E-state index contributed by atoms with van der Waals surface area (Å²) in [6, 6.07) is 8.28. The van der Waals surface area contributed by atoms with Gasteiger partial charge >= 0.3 is 0 Å². The predicted octanol–water partition coefficient (Wildman–Crippen LogP) is 3.57. The molecule has 0 saturated carbocycles. The van der Waals surface area contributed by atoms with Gasteiger partial charge in [-0.1, -0.05) is 15.9 Å². The Balaban J connectivity index is 2.31. The van der Waals surface area contributed by atoms with Crippen LogP contribution in [-0.2, 0) is 16.6 Å². The zero-order valence-corrected chi connectivity index (χ0v) is 14.2. The van der Waals surface area contributed by atoms with Gasteiger partial charge in [-0.15, -0.1) is 11.3 Å². The van der Waals surface area contributed by atoms with E-state index in [0.29, 0.717) is 14.4 Å². The van der Waals surface area contributed by atoms with Gasteiger partial charge in [-0.3, -0.25) is 4.72 Å². The van der Waals surface area contributed by atoms with Gasteiger partial charge in [0, 0.05) is 15.0 Å². The van der Waals surface area contributed by atoms with Crippen molar-refractivity contribution in [3.05, 3.63) is 43.5 Å². The van der Waals surface area contributed by atoms with Gasteiger partial charge in [-0.05, 0) is 46.3 Å². The van der Waals surface area contributed by atoms with E-state index in [9.17, 15) is 8.42 Å². The fourth-order valence-corrected chi connectivity index (χ4v) is 5.25. The summed E-state index contributed by atoms with van der Waals surface area (Å²) in [6.45, 7) is -0.183. The van der Waals surface area contributed by atoms with Crippen LogP contribution in [-0.4, -0.2) is 13.5 Å². The van der Waals surface area contributed by atoms with Crippen LogP contribution in [0.25, 0.3) is 0 Å². The fourth-order valence-electron chi connectivity index (χ4n) is 1.39. The number of nitrogens with one attached hydrogen (secondary N) is 1. The number of rotatable bonds is 4. The third-order valence-corrected chi connectivity index (χ3v) is 6.40. The van der Waals surface area contributed by atoms with Crippen molar-refractivity contribution >= 4 is 58.9 Å².